The molecule has 2 aliphatic rings. The molecule has 3 amide bonds. The summed E-state index contributed by atoms with van der Waals surface area (Å²) in [5.74, 6) is -0.323. The van der Waals surface area contributed by atoms with Crippen molar-refractivity contribution in [3.8, 4) is 6.07 Å². The fourth-order valence-electron chi connectivity index (χ4n) is 3.64. The number of urea groups is 1. The highest BCUT2D eigenvalue weighted by Crippen LogP contribution is 2.37. The molecule has 0 saturated heterocycles. The van der Waals surface area contributed by atoms with E-state index in [1.807, 2.05) is 6.07 Å². The van der Waals surface area contributed by atoms with E-state index in [1.165, 1.54) is 23.1 Å². The van der Waals surface area contributed by atoms with Gasteiger partial charge in [0.05, 0.1) is 28.9 Å². The van der Waals surface area contributed by atoms with Gasteiger partial charge in [0.25, 0.3) is 12.3 Å². The van der Waals surface area contributed by atoms with Crippen molar-refractivity contribution in [2.45, 2.75) is 18.9 Å². The molecule has 4 rings (SSSR count). The van der Waals surface area contributed by atoms with Crippen LogP contribution in [0.15, 0.2) is 59.8 Å². The lowest BCUT2D eigenvalue weighted by atomic mass is 9.90. The van der Waals surface area contributed by atoms with Crippen LogP contribution in [0.2, 0.25) is 0 Å². The summed E-state index contributed by atoms with van der Waals surface area (Å²) in [5.41, 5.74) is 2.04. The first-order valence-electron chi connectivity index (χ1n) is 8.99. The van der Waals surface area contributed by atoms with Crippen LogP contribution in [0.25, 0.3) is 0 Å². The van der Waals surface area contributed by atoms with E-state index in [0.29, 0.717) is 35.4 Å². The molecule has 2 aliphatic heterocycles. The Labute approximate surface area is 165 Å². The Balaban J connectivity index is 1.82. The van der Waals surface area contributed by atoms with E-state index in [0.717, 1.165) is 0 Å². The van der Waals surface area contributed by atoms with Crippen LogP contribution in [0.5, 0.6) is 0 Å². The molecule has 6 nitrogen and oxygen atoms in total. The molecule has 2 N–H and O–H groups in total. The van der Waals surface area contributed by atoms with Crippen LogP contribution in [0.4, 0.5) is 19.3 Å². The summed E-state index contributed by atoms with van der Waals surface area (Å²) in [6, 6.07) is 13.0. The van der Waals surface area contributed by atoms with Gasteiger partial charge in [0, 0.05) is 24.2 Å². The van der Waals surface area contributed by atoms with E-state index >= 15 is 0 Å². The van der Waals surface area contributed by atoms with Gasteiger partial charge in [-0.2, -0.15) is 5.26 Å². The predicted octanol–water partition coefficient (Wildman–Crippen LogP) is 3.54. The molecule has 0 aromatic heterocycles. The van der Waals surface area contributed by atoms with E-state index in [1.54, 1.807) is 30.3 Å². The fourth-order valence-corrected chi connectivity index (χ4v) is 3.64. The Kier molecular flexibility index (Phi) is 4.72. The number of nitrogens with zero attached hydrogens (tertiary/aromatic N) is 2. The van der Waals surface area contributed by atoms with Crippen molar-refractivity contribution in [1.29, 1.82) is 5.26 Å². The number of hydrogen-bond donors (Lipinski definition) is 2. The summed E-state index contributed by atoms with van der Waals surface area (Å²) < 4.78 is 26.3. The number of carbonyl (C=O) groups excluding carboxylic acids is 2. The van der Waals surface area contributed by atoms with Crippen LogP contribution in [-0.4, -0.2) is 18.5 Å². The summed E-state index contributed by atoms with van der Waals surface area (Å²) in [5, 5.41) is 14.5. The van der Waals surface area contributed by atoms with Gasteiger partial charge in [-0.3, -0.25) is 9.69 Å². The second-order valence-electron chi connectivity index (χ2n) is 6.71. The average Bonchev–Trinajstić information content (AvgIpc) is 2.73. The number of carbonyl (C=O) groups is 2. The Hall–Kier alpha value is -3.73. The Bertz CT molecular complexity index is 1060. The topological polar surface area (TPSA) is 85.2 Å². The van der Waals surface area contributed by atoms with E-state index in [4.69, 9.17) is 5.26 Å². The van der Waals surface area contributed by atoms with Crippen molar-refractivity contribution in [1.82, 2.24) is 10.6 Å². The van der Waals surface area contributed by atoms with E-state index < -0.39 is 18.5 Å². The summed E-state index contributed by atoms with van der Waals surface area (Å²) in [7, 11) is 0. The standard InChI is InChI=1S/C21H16F2N4O2/c22-19(23)14-2-1-3-15(10-14)27-16-8-9-25-20(28)17(16)18(26-21(27)29)13-6-4-12(11-24)5-7-13/h1-7,10,18-19H,8-9H2,(H,25,28)(H,26,29). The Morgan fingerprint density at radius 1 is 1.14 bits per heavy atom. The third-order valence-electron chi connectivity index (χ3n) is 4.99. The van der Waals surface area contributed by atoms with Crippen LogP contribution in [0.3, 0.4) is 0 Å². The number of alkyl halides is 2. The van der Waals surface area contributed by atoms with Crippen LogP contribution < -0.4 is 15.5 Å². The second-order valence-corrected chi connectivity index (χ2v) is 6.71. The van der Waals surface area contributed by atoms with Gasteiger partial charge in [-0.15, -0.1) is 0 Å². The minimum Gasteiger partial charge on any atom is -0.352 e. The van der Waals surface area contributed by atoms with Crippen LogP contribution in [0, 0.1) is 11.3 Å². The smallest absolute Gasteiger partial charge is 0.327 e. The molecule has 0 spiro atoms. The van der Waals surface area contributed by atoms with Gasteiger partial charge in [0.15, 0.2) is 0 Å². The molecule has 8 heteroatoms. The first-order chi connectivity index (χ1) is 14.0. The average molecular weight is 394 g/mol. The molecule has 1 atom stereocenters. The first-order valence-corrected chi connectivity index (χ1v) is 8.99. The molecule has 0 bridgehead atoms. The van der Waals surface area contributed by atoms with Gasteiger partial charge in [-0.25, -0.2) is 13.6 Å². The Morgan fingerprint density at radius 3 is 2.59 bits per heavy atom. The van der Waals surface area contributed by atoms with E-state index in [2.05, 4.69) is 10.6 Å². The summed E-state index contributed by atoms with van der Waals surface area (Å²) in [4.78, 5) is 26.9. The third kappa shape index (κ3) is 3.31. The number of nitrogens with one attached hydrogen (secondary N) is 2. The minimum atomic E-state index is -2.67. The van der Waals surface area contributed by atoms with Crippen LogP contribution in [-0.2, 0) is 4.79 Å². The van der Waals surface area contributed by atoms with Gasteiger partial charge in [-0.1, -0.05) is 24.3 Å². The quantitative estimate of drug-likeness (QED) is 0.835. The van der Waals surface area contributed by atoms with Crippen LogP contribution >= 0.6 is 0 Å². The highest BCUT2D eigenvalue weighted by molar-refractivity contribution is 6.05. The lowest BCUT2D eigenvalue weighted by Gasteiger charge is -2.39. The summed E-state index contributed by atoms with van der Waals surface area (Å²) >= 11 is 0. The number of rotatable bonds is 3. The molecule has 2 aromatic carbocycles. The first kappa shape index (κ1) is 18.6. The maximum Gasteiger partial charge on any atom is 0.327 e. The number of halogens is 2. The lowest BCUT2D eigenvalue weighted by Crippen LogP contribution is -2.52. The zero-order chi connectivity index (χ0) is 20.5. The van der Waals surface area contributed by atoms with Crippen LogP contribution in [0.1, 0.15) is 35.6 Å². The van der Waals surface area contributed by atoms with Gasteiger partial charge in [-0.05, 0) is 29.8 Å². The van der Waals surface area contributed by atoms with E-state index in [-0.39, 0.29) is 17.2 Å². The lowest BCUT2D eigenvalue weighted by molar-refractivity contribution is -0.118. The number of hydrogen-bond acceptors (Lipinski definition) is 3. The molecular formula is C21H16F2N4O2. The van der Waals surface area contributed by atoms with Gasteiger partial charge < -0.3 is 10.6 Å². The molecule has 0 aliphatic carbocycles. The number of anilines is 1. The monoisotopic (exact) mass is 394 g/mol. The van der Waals surface area contributed by atoms with Crippen molar-refractivity contribution >= 4 is 17.6 Å². The molecule has 1 unspecified atom stereocenters. The molecule has 0 saturated carbocycles. The SMILES string of the molecule is N#Cc1ccc(C2NC(=O)N(c3cccc(C(F)F)c3)C3=C2C(=O)NCC3)cc1. The molecule has 0 radical (unpaired) electrons. The number of amides is 3. The highest BCUT2D eigenvalue weighted by Gasteiger charge is 2.39. The molecular weight excluding hydrogens is 378 g/mol. The predicted molar refractivity (Wildman–Crippen MR) is 101 cm³/mol. The van der Waals surface area contributed by atoms with Gasteiger partial charge >= 0.3 is 6.03 Å². The number of benzene rings is 2. The maximum atomic E-state index is 13.1. The molecule has 146 valence electrons. The van der Waals surface area contributed by atoms with Gasteiger partial charge in [0.1, 0.15) is 0 Å². The summed E-state index contributed by atoms with van der Waals surface area (Å²) in [6.45, 7) is 0.343. The van der Waals surface area contributed by atoms with Crippen molar-refractivity contribution < 1.29 is 18.4 Å². The second kappa shape index (κ2) is 7.36. The minimum absolute atomic E-state index is 0.202. The largest absolute Gasteiger partial charge is 0.352 e. The van der Waals surface area contributed by atoms with Crippen molar-refractivity contribution in [3.05, 3.63) is 76.5 Å². The Morgan fingerprint density at radius 2 is 1.90 bits per heavy atom. The zero-order valence-corrected chi connectivity index (χ0v) is 15.2. The zero-order valence-electron chi connectivity index (χ0n) is 15.2. The number of nitriles is 1. The fraction of sp³-hybridized carbons (Fsp3) is 0.190. The van der Waals surface area contributed by atoms with E-state index in [9.17, 15) is 18.4 Å². The molecule has 29 heavy (non-hydrogen) atoms. The van der Waals surface area contributed by atoms with Gasteiger partial charge in [0.2, 0.25) is 0 Å². The van der Waals surface area contributed by atoms with Crippen molar-refractivity contribution in [3.63, 3.8) is 0 Å². The van der Waals surface area contributed by atoms with Crippen molar-refractivity contribution in [2.75, 3.05) is 11.4 Å². The summed E-state index contributed by atoms with van der Waals surface area (Å²) in [6.07, 6.45) is -2.28. The molecule has 2 heterocycles. The molecule has 0 fully saturated rings. The normalized spacial score (nSPS) is 18.8. The molecule has 2 aromatic rings. The highest BCUT2D eigenvalue weighted by atomic mass is 19.3. The van der Waals surface area contributed by atoms with Crippen molar-refractivity contribution in [2.24, 2.45) is 0 Å². The maximum absolute atomic E-state index is 13.1. The third-order valence-corrected chi connectivity index (χ3v) is 4.99.